The van der Waals surface area contributed by atoms with E-state index in [2.05, 4.69) is 4.90 Å². The van der Waals surface area contributed by atoms with Crippen LogP contribution in [0.3, 0.4) is 0 Å². The van der Waals surface area contributed by atoms with Gasteiger partial charge in [0.25, 0.3) is 0 Å². The molecule has 0 saturated carbocycles. The van der Waals surface area contributed by atoms with Crippen LogP contribution in [-0.4, -0.2) is 42.4 Å². The van der Waals surface area contributed by atoms with E-state index in [0.29, 0.717) is 0 Å². The fraction of sp³-hybridized carbons (Fsp3) is 0.533. The number of ketones is 1. The zero-order chi connectivity index (χ0) is 14.5. The van der Waals surface area contributed by atoms with Crippen LogP contribution >= 0.6 is 0 Å². The SMILES string of the molecule is CN(N)CC(=O)c1cc(CN2CCCCC2)ccc1F. The Labute approximate surface area is 119 Å². The van der Waals surface area contributed by atoms with Crippen LogP contribution in [-0.2, 0) is 6.54 Å². The molecule has 0 radical (unpaired) electrons. The average molecular weight is 279 g/mol. The quantitative estimate of drug-likeness (QED) is 0.507. The van der Waals surface area contributed by atoms with E-state index < -0.39 is 5.82 Å². The van der Waals surface area contributed by atoms with Gasteiger partial charge in [0, 0.05) is 13.6 Å². The number of hydrogen-bond donors (Lipinski definition) is 1. The van der Waals surface area contributed by atoms with Gasteiger partial charge in [-0.25, -0.2) is 9.40 Å². The number of likely N-dealkylation sites (N-methyl/N-ethyl adjacent to an activating group) is 1. The normalized spacial score (nSPS) is 16.6. The minimum Gasteiger partial charge on any atom is -0.299 e. The molecule has 20 heavy (non-hydrogen) atoms. The summed E-state index contributed by atoms with van der Waals surface area (Å²) in [5.74, 6) is 4.69. The van der Waals surface area contributed by atoms with Gasteiger partial charge in [-0.1, -0.05) is 12.5 Å². The Kier molecular flexibility index (Phi) is 5.23. The number of rotatable bonds is 5. The number of nitrogens with two attached hydrogens (primary N) is 1. The lowest BCUT2D eigenvalue weighted by molar-refractivity contribution is 0.0943. The molecular weight excluding hydrogens is 257 g/mol. The molecule has 4 nitrogen and oxygen atoms in total. The molecule has 0 atom stereocenters. The Morgan fingerprint density at radius 3 is 2.70 bits per heavy atom. The Hall–Kier alpha value is -1.30. The summed E-state index contributed by atoms with van der Waals surface area (Å²) in [7, 11) is 1.59. The number of likely N-dealkylation sites (tertiary alicyclic amines) is 1. The fourth-order valence-electron chi connectivity index (χ4n) is 2.57. The summed E-state index contributed by atoms with van der Waals surface area (Å²) in [4.78, 5) is 14.3. The molecule has 0 aliphatic carbocycles. The lowest BCUT2D eigenvalue weighted by Crippen LogP contribution is -2.32. The van der Waals surface area contributed by atoms with Gasteiger partial charge in [0.15, 0.2) is 5.78 Å². The van der Waals surface area contributed by atoms with Gasteiger partial charge in [-0.05, 0) is 43.6 Å². The third-order valence-corrected chi connectivity index (χ3v) is 3.58. The summed E-state index contributed by atoms with van der Waals surface area (Å²) in [5, 5.41) is 1.26. The molecule has 0 unspecified atom stereocenters. The van der Waals surface area contributed by atoms with Crippen molar-refractivity contribution in [2.24, 2.45) is 5.84 Å². The number of benzene rings is 1. The van der Waals surface area contributed by atoms with Crippen molar-refractivity contribution >= 4 is 5.78 Å². The molecule has 1 saturated heterocycles. The van der Waals surface area contributed by atoms with Crippen LogP contribution in [0.5, 0.6) is 0 Å². The van der Waals surface area contributed by atoms with E-state index in [1.54, 1.807) is 19.2 Å². The molecule has 2 rings (SSSR count). The minimum absolute atomic E-state index is 0.0179. The first-order valence-corrected chi connectivity index (χ1v) is 7.06. The van der Waals surface area contributed by atoms with E-state index in [9.17, 15) is 9.18 Å². The molecule has 110 valence electrons. The van der Waals surface area contributed by atoms with Crippen molar-refractivity contribution in [2.75, 3.05) is 26.7 Å². The van der Waals surface area contributed by atoms with Crippen LogP contribution in [0.25, 0.3) is 0 Å². The Morgan fingerprint density at radius 2 is 2.05 bits per heavy atom. The third-order valence-electron chi connectivity index (χ3n) is 3.58. The predicted octanol–water partition coefficient (Wildman–Crippen LogP) is 1.80. The summed E-state index contributed by atoms with van der Waals surface area (Å²) < 4.78 is 13.8. The van der Waals surface area contributed by atoms with E-state index in [0.717, 1.165) is 25.2 Å². The van der Waals surface area contributed by atoms with Crippen molar-refractivity contribution in [1.29, 1.82) is 0 Å². The van der Waals surface area contributed by atoms with Gasteiger partial charge in [-0.2, -0.15) is 0 Å². The van der Waals surface area contributed by atoms with E-state index in [-0.39, 0.29) is 17.9 Å². The van der Waals surface area contributed by atoms with Crippen LogP contribution < -0.4 is 5.84 Å². The highest BCUT2D eigenvalue weighted by molar-refractivity contribution is 5.97. The van der Waals surface area contributed by atoms with Gasteiger partial charge in [0.2, 0.25) is 0 Å². The molecule has 0 amide bonds. The van der Waals surface area contributed by atoms with E-state index in [4.69, 9.17) is 5.84 Å². The van der Waals surface area contributed by atoms with Crippen LogP contribution in [0.2, 0.25) is 0 Å². The zero-order valence-corrected chi connectivity index (χ0v) is 11.9. The van der Waals surface area contributed by atoms with Gasteiger partial charge < -0.3 is 0 Å². The second kappa shape index (κ2) is 6.92. The monoisotopic (exact) mass is 279 g/mol. The van der Waals surface area contributed by atoms with Crippen LogP contribution in [0.1, 0.15) is 35.2 Å². The highest BCUT2D eigenvalue weighted by Gasteiger charge is 2.15. The third kappa shape index (κ3) is 4.10. The van der Waals surface area contributed by atoms with Gasteiger partial charge in [-0.15, -0.1) is 0 Å². The summed E-state index contributed by atoms with van der Waals surface area (Å²) in [6, 6.07) is 4.80. The molecule has 0 spiro atoms. The lowest BCUT2D eigenvalue weighted by Gasteiger charge is -2.26. The molecule has 1 aliphatic heterocycles. The number of nitrogens with zero attached hydrogens (tertiary/aromatic N) is 2. The predicted molar refractivity (Wildman–Crippen MR) is 76.7 cm³/mol. The second-order valence-electron chi connectivity index (χ2n) is 5.49. The van der Waals surface area contributed by atoms with Crippen molar-refractivity contribution in [3.05, 3.63) is 35.1 Å². The molecule has 1 heterocycles. The summed E-state index contributed by atoms with van der Waals surface area (Å²) >= 11 is 0. The van der Waals surface area contributed by atoms with Crippen LogP contribution in [0, 0.1) is 5.82 Å². The fourth-order valence-corrected chi connectivity index (χ4v) is 2.57. The Balaban J connectivity index is 2.09. The van der Waals surface area contributed by atoms with Crippen molar-refractivity contribution in [2.45, 2.75) is 25.8 Å². The van der Waals surface area contributed by atoms with Gasteiger partial charge >= 0.3 is 0 Å². The average Bonchev–Trinajstić information content (AvgIpc) is 2.41. The Bertz CT molecular complexity index is 470. The maximum atomic E-state index is 13.8. The highest BCUT2D eigenvalue weighted by atomic mass is 19.1. The van der Waals surface area contributed by atoms with Crippen LogP contribution in [0.15, 0.2) is 18.2 Å². The molecule has 0 bridgehead atoms. The first kappa shape index (κ1) is 15.1. The number of hydrazine groups is 1. The zero-order valence-electron chi connectivity index (χ0n) is 11.9. The first-order valence-electron chi connectivity index (χ1n) is 7.06. The van der Waals surface area contributed by atoms with Gasteiger partial charge in [0.1, 0.15) is 5.82 Å². The Morgan fingerprint density at radius 1 is 1.35 bits per heavy atom. The molecule has 1 aromatic carbocycles. The van der Waals surface area contributed by atoms with Crippen molar-refractivity contribution in [3.8, 4) is 0 Å². The topological polar surface area (TPSA) is 49.6 Å². The summed E-state index contributed by atoms with van der Waals surface area (Å²) in [5.41, 5.74) is 1.12. The standard InChI is InChI=1S/C15H22FN3O/c1-18(17)11-15(20)13-9-12(5-6-14(13)16)10-19-7-3-2-4-8-19/h5-6,9H,2-4,7-8,10-11,17H2,1H3. The molecule has 1 aromatic rings. The smallest absolute Gasteiger partial charge is 0.181 e. The van der Waals surface area contributed by atoms with Crippen molar-refractivity contribution < 1.29 is 9.18 Å². The largest absolute Gasteiger partial charge is 0.299 e. The highest BCUT2D eigenvalue weighted by Crippen LogP contribution is 2.16. The maximum Gasteiger partial charge on any atom is 0.181 e. The van der Waals surface area contributed by atoms with Gasteiger partial charge in [-0.3, -0.25) is 15.5 Å². The molecule has 2 N–H and O–H groups in total. The summed E-state index contributed by atoms with van der Waals surface area (Å²) in [6.45, 7) is 2.95. The second-order valence-corrected chi connectivity index (χ2v) is 5.49. The summed E-state index contributed by atoms with van der Waals surface area (Å²) in [6.07, 6.45) is 3.71. The number of carbonyl (C=O) groups is 1. The number of Topliss-reactive ketones (excluding diaryl/α,β-unsaturated/α-hetero) is 1. The lowest BCUT2D eigenvalue weighted by atomic mass is 10.0. The molecule has 1 fully saturated rings. The molecule has 5 heteroatoms. The molecule has 0 aromatic heterocycles. The maximum absolute atomic E-state index is 13.8. The number of carbonyl (C=O) groups excluding carboxylic acids is 1. The van der Waals surface area contributed by atoms with E-state index in [1.807, 2.05) is 0 Å². The minimum atomic E-state index is -0.473. The van der Waals surface area contributed by atoms with E-state index in [1.165, 1.54) is 30.3 Å². The van der Waals surface area contributed by atoms with E-state index >= 15 is 0 Å². The van der Waals surface area contributed by atoms with Gasteiger partial charge in [0.05, 0.1) is 12.1 Å². The first-order chi connectivity index (χ1) is 9.56. The number of halogens is 1. The number of piperidine rings is 1. The molecular formula is C15H22FN3O. The number of hydrogen-bond acceptors (Lipinski definition) is 4. The van der Waals surface area contributed by atoms with Crippen molar-refractivity contribution in [1.82, 2.24) is 9.91 Å². The molecule has 1 aliphatic rings. The van der Waals surface area contributed by atoms with Crippen LogP contribution in [0.4, 0.5) is 4.39 Å². The van der Waals surface area contributed by atoms with Crippen molar-refractivity contribution in [3.63, 3.8) is 0 Å².